The summed E-state index contributed by atoms with van der Waals surface area (Å²) in [6.45, 7) is -0.575. The number of alkyl halides is 6. The molecule has 2 rings (SSSR count). The molecule has 0 spiro atoms. The van der Waals surface area contributed by atoms with Gasteiger partial charge in [-0.05, 0) is 23.3 Å². The van der Waals surface area contributed by atoms with Gasteiger partial charge in [-0.1, -0.05) is 18.2 Å². The zero-order chi connectivity index (χ0) is 16.5. The summed E-state index contributed by atoms with van der Waals surface area (Å²) in [6, 6.07) is 4.67. The second-order valence-electron chi connectivity index (χ2n) is 4.47. The molecule has 0 bridgehead atoms. The van der Waals surface area contributed by atoms with Crippen molar-refractivity contribution < 1.29 is 31.4 Å². The van der Waals surface area contributed by atoms with Crippen molar-refractivity contribution in [1.82, 2.24) is 4.98 Å². The number of aromatic nitrogens is 1. The maximum Gasteiger partial charge on any atom is 0.433 e. The van der Waals surface area contributed by atoms with Crippen LogP contribution in [-0.4, -0.2) is 10.1 Å². The van der Waals surface area contributed by atoms with Gasteiger partial charge >= 0.3 is 12.4 Å². The third kappa shape index (κ3) is 3.38. The molecule has 0 aliphatic carbocycles. The van der Waals surface area contributed by atoms with Gasteiger partial charge in [-0.3, -0.25) is 4.98 Å². The largest absolute Gasteiger partial charge is 0.433 e. The van der Waals surface area contributed by atoms with Gasteiger partial charge in [0.25, 0.3) is 0 Å². The van der Waals surface area contributed by atoms with Crippen LogP contribution >= 0.6 is 0 Å². The summed E-state index contributed by atoms with van der Waals surface area (Å²) in [6.07, 6.45) is -8.62. The molecule has 2 nitrogen and oxygen atoms in total. The molecule has 1 aromatic carbocycles. The van der Waals surface area contributed by atoms with Gasteiger partial charge in [0.2, 0.25) is 0 Å². The first-order valence-corrected chi connectivity index (χ1v) is 5.97. The minimum atomic E-state index is -4.71. The minimum Gasteiger partial charge on any atom is -0.392 e. The molecule has 8 heteroatoms. The van der Waals surface area contributed by atoms with Crippen molar-refractivity contribution in [2.24, 2.45) is 0 Å². The van der Waals surface area contributed by atoms with Gasteiger partial charge in [0, 0.05) is 11.8 Å². The number of halogens is 6. The lowest BCUT2D eigenvalue weighted by Crippen LogP contribution is -2.09. The topological polar surface area (TPSA) is 33.1 Å². The van der Waals surface area contributed by atoms with E-state index in [0.717, 1.165) is 24.4 Å². The van der Waals surface area contributed by atoms with Crippen LogP contribution in [0.15, 0.2) is 36.5 Å². The first-order chi connectivity index (χ1) is 10.1. The van der Waals surface area contributed by atoms with Crippen LogP contribution in [-0.2, 0) is 19.0 Å². The normalized spacial score (nSPS) is 12.5. The van der Waals surface area contributed by atoms with Crippen molar-refractivity contribution >= 4 is 0 Å². The van der Waals surface area contributed by atoms with Crippen molar-refractivity contribution in [3.05, 3.63) is 53.3 Å². The van der Waals surface area contributed by atoms with Crippen LogP contribution in [0, 0.1) is 0 Å². The number of rotatable bonds is 2. The lowest BCUT2D eigenvalue weighted by atomic mass is 9.98. The van der Waals surface area contributed by atoms with E-state index in [9.17, 15) is 26.3 Å². The molecule has 1 heterocycles. The van der Waals surface area contributed by atoms with E-state index in [1.165, 1.54) is 6.07 Å². The Balaban J connectivity index is 2.53. The second-order valence-corrected chi connectivity index (χ2v) is 4.47. The Morgan fingerprint density at radius 3 is 2.05 bits per heavy atom. The molecule has 0 fully saturated rings. The summed E-state index contributed by atoms with van der Waals surface area (Å²) in [7, 11) is 0. The first-order valence-electron chi connectivity index (χ1n) is 5.97. The van der Waals surface area contributed by atoms with Crippen molar-refractivity contribution in [2.45, 2.75) is 19.0 Å². The molecule has 0 radical (unpaired) electrons. The van der Waals surface area contributed by atoms with Crippen molar-refractivity contribution in [2.75, 3.05) is 0 Å². The third-order valence-corrected chi connectivity index (χ3v) is 2.94. The van der Waals surface area contributed by atoms with E-state index in [2.05, 4.69) is 4.98 Å². The van der Waals surface area contributed by atoms with E-state index < -0.39 is 30.2 Å². The summed E-state index contributed by atoms with van der Waals surface area (Å²) in [5.74, 6) is 0. The summed E-state index contributed by atoms with van der Waals surface area (Å²) in [5, 5.41) is 8.91. The molecule has 0 atom stereocenters. The highest BCUT2D eigenvalue weighted by molar-refractivity contribution is 5.68. The average molecular weight is 321 g/mol. The SMILES string of the molecule is OCc1ccc(-c2ccc(C(F)(F)F)nc2)c(C(F)(F)F)c1. The highest BCUT2D eigenvalue weighted by atomic mass is 19.4. The van der Waals surface area contributed by atoms with Gasteiger partial charge in [0.05, 0.1) is 12.2 Å². The molecule has 0 aliphatic rings. The highest BCUT2D eigenvalue weighted by Gasteiger charge is 2.35. The molecule has 0 aliphatic heterocycles. The van der Waals surface area contributed by atoms with Gasteiger partial charge in [0.15, 0.2) is 0 Å². The standard InChI is InChI=1S/C14H9F6NO/c15-13(16,17)11-5-8(7-22)1-3-10(11)9-2-4-12(21-6-9)14(18,19)20/h1-6,22H,7H2. The van der Waals surface area contributed by atoms with E-state index in [1.54, 1.807) is 0 Å². The summed E-state index contributed by atoms with van der Waals surface area (Å²) in [4.78, 5) is 3.15. The van der Waals surface area contributed by atoms with Crippen LogP contribution in [0.3, 0.4) is 0 Å². The second kappa shape index (κ2) is 5.60. The molecule has 22 heavy (non-hydrogen) atoms. The van der Waals surface area contributed by atoms with Gasteiger partial charge in [-0.15, -0.1) is 0 Å². The van der Waals surface area contributed by atoms with Gasteiger partial charge in [-0.25, -0.2) is 0 Å². The number of aliphatic hydroxyl groups is 1. The van der Waals surface area contributed by atoms with Gasteiger partial charge in [-0.2, -0.15) is 26.3 Å². The Hall–Kier alpha value is -2.09. The first kappa shape index (κ1) is 16.3. The zero-order valence-electron chi connectivity index (χ0n) is 10.8. The zero-order valence-corrected chi connectivity index (χ0v) is 10.8. The number of pyridine rings is 1. The van der Waals surface area contributed by atoms with Crippen molar-refractivity contribution in [1.29, 1.82) is 0 Å². The summed E-state index contributed by atoms with van der Waals surface area (Å²) in [5.41, 5.74) is -2.57. The predicted octanol–water partition coefficient (Wildman–Crippen LogP) is 4.28. The molecular weight excluding hydrogens is 312 g/mol. The molecule has 1 aromatic heterocycles. The fourth-order valence-electron chi connectivity index (χ4n) is 1.90. The molecule has 0 unspecified atom stereocenters. The monoisotopic (exact) mass is 321 g/mol. The van der Waals surface area contributed by atoms with Crippen LogP contribution in [0.25, 0.3) is 11.1 Å². The Morgan fingerprint density at radius 2 is 1.59 bits per heavy atom. The maximum atomic E-state index is 13.0. The van der Waals surface area contributed by atoms with Crippen LogP contribution in [0.4, 0.5) is 26.3 Å². The molecule has 0 saturated heterocycles. The highest BCUT2D eigenvalue weighted by Crippen LogP contribution is 2.38. The number of hydrogen-bond donors (Lipinski definition) is 1. The van der Waals surface area contributed by atoms with E-state index >= 15 is 0 Å². The number of nitrogens with zero attached hydrogens (tertiary/aromatic N) is 1. The predicted molar refractivity (Wildman–Crippen MR) is 65.6 cm³/mol. The molecule has 0 amide bonds. The van der Waals surface area contributed by atoms with Crippen LogP contribution in [0.1, 0.15) is 16.8 Å². The average Bonchev–Trinajstić information content (AvgIpc) is 2.45. The van der Waals surface area contributed by atoms with E-state index in [4.69, 9.17) is 5.11 Å². The molecule has 0 saturated carbocycles. The minimum absolute atomic E-state index is 0.0518. The van der Waals surface area contributed by atoms with E-state index in [-0.39, 0.29) is 16.7 Å². The van der Waals surface area contributed by atoms with Gasteiger partial charge < -0.3 is 5.11 Å². The summed E-state index contributed by atoms with van der Waals surface area (Å²) < 4.78 is 76.4. The molecule has 118 valence electrons. The van der Waals surface area contributed by atoms with Crippen molar-refractivity contribution in [3.8, 4) is 11.1 Å². The Kier molecular flexibility index (Phi) is 4.15. The third-order valence-electron chi connectivity index (χ3n) is 2.94. The molecule has 2 aromatic rings. The number of benzene rings is 1. The lowest BCUT2D eigenvalue weighted by Gasteiger charge is -2.14. The van der Waals surface area contributed by atoms with E-state index in [1.807, 2.05) is 0 Å². The van der Waals surface area contributed by atoms with Crippen LogP contribution < -0.4 is 0 Å². The quantitative estimate of drug-likeness (QED) is 0.838. The Morgan fingerprint density at radius 1 is 0.909 bits per heavy atom. The van der Waals surface area contributed by atoms with Crippen LogP contribution in [0.5, 0.6) is 0 Å². The fourth-order valence-corrected chi connectivity index (χ4v) is 1.90. The van der Waals surface area contributed by atoms with Crippen LogP contribution in [0.2, 0.25) is 0 Å². The van der Waals surface area contributed by atoms with Gasteiger partial charge in [0.1, 0.15) is 5.69 Å². The smallest absolute Gasteiger partial charge is 0.392 e. The lowest BCUT2D eigenvalue weighted by molar-refractivity contribution is -0.141. The molecule has 1 N–H and O–H groups in total. The maximum absolute atomic E-state index is 13.0. The Labute approximate surface area is 121 Å². The molecular formula is C14H9F6NO. The Bertz CT molecular complexity index is 661. The van der Waals surface area contributed by atoms with Crippen molar-refractivity contribution in [3.63, 3.8) is 0 Å². The number of aliphatic hydroxyl groups excluding tert-OH is 1. The number of hydrogen-bond acceptors (Lipinski definition) is 2. The fraction of sp³-hybridized carbons (Fsp3) is 0.214. The summed E-state index contributed by atoms with van der Waals surface area (Å²) >= 11 is 0. The van der Waals surface area contributed by atoms with E-state index in [0.29, 0.717) is 6.07 Å².